The van der Waals surface area contributed by atoms with E-state index in [1.807, 2.05) is 18.8 Å². The van der Waals surface area contributed by atoms with Crippen LogP contribution in [0.4, 0.5) is 0 Å². The largest absolute Gasteiger partial charge is 0.380 e. The Kier molecular flexibility index (Phi) is 4.48. The fourth-order valence-electron chi connectivity index (χ4n) is 2.25. The molecule has 2 nitrogen and oxygen atoms in total. The van der Waals surface area contributed by atoms with Crippen molar-refractivity contribution in [3.8, 4) is 0 Å². The van der Waals surface area contributed by atoms with E-state index in [4.69, 9.17) is 4.74 Å². The van der Waals surface area contributed by atoms with Gasteiger partial charge in [0.2, 0.25) is 0 Å². The first-order valence-corrected chi connectivity index (χ1v) is 7.07. The van der Waals surface area contributed by atoms with Crippen molar-refractivity contribution >= 4 is 11.8 Å². The van der Waals surface area contributed by atoms with Gasteiger partial charge in [0.25, 0.3) is 0 Å². The molecule has 1 aromatic carbocycles. The van der Waals surface area contributed by atoms with Crippen molar-refractivity contribution in [1.82, 2.24) is 5.32 Å². The minimum Gasteiger partial charge on any atom is -0.380 e. The third-order valence-corrected chi connectivity index (χ3v) is 4.76. The van der Waals surface area contributed by atoms with Gasteiger partial charge in [-0.1, -0.05) is 17.7 Å². The van der Waals surface area contributed by atoms with E-state index in [2.05, 4.69) is 37.4 Å². The zero-order valence-electron chi connectivity index (χ0n) is 10.8. The minimum atomic E-state index is 0.523. The second-order valence-corrected chi connectivity index (χ2v) is 5.97. The molecule has 0 bridgehead atoms. The second-order valence-electron chi connectivity index (χ2n) is 4.68. The molecule has 0 amide bonds. The SMILES string of the molecule is CNC1CCOCC1Sc1ccc(C)cc1C. The van der Waals surface area contributed by atoms with Crippen LogP contribution in [0.5, 0.6) is 0 Å². The van der Waals surface area contributed by atoms with E-state index in [1.54, 1.807) is 0 Å². The van der Waals surface area contributed by atoms with Gasteiger partial charge in [-0.3, -0.25) is 0 Å². The summed E-state index contributed by atoms with van der Waals surface area (Å²) in [5.41, 5.74) is 2.70. The van der Waals surface area contributed by atoms with E-state index in [9.17, 15) is 0 Å². The van der Waals surface area contributed by atoms with E-state index in [1.165, 1.54) is 16.0 Å². The number of nitrogens with one attached hydrogen (secondary N) is 1. The van der Waals surface area contributed by atoms with Gasteiger partial charge in [0, 0.05) is 22.8 Å². The molecule has 1 aliphatic rings. The van der Waals surface area contributed by atoms with Gasteiger partial charge >= 0.3 is 0 Å². The molecule has 1 saturated heterocycles. The molecule has 1 fully saturated rings. The van der Waals surface area contributed by atoms with E-state index in [-0.39, 0.29) is 0 Å². The molecule has 0 aromatic heterocycles. The van der Waals surface area contributed by atoms with Gasteiger partial charge < -0.3 is 10.1 Å². The van der Waals surface area contributed by atoms with Crippen molar-refractivity contribution in [2.45, 2.75) is 36.5 Å². The molecule has 0 aliphatic carbocycles. The average Bonchev–Trinajstić information content (AvgIpc) is 2.33. The Morgan fingerprint density at radius 3 is 2.88 bits per heavy atom. The molecule has 2 unspecified atom stereocenters. The standard InChI is InChI=1S/C14H21NOS/c1-10-4-5-13(11(2)8-10)17-14-9-16-7-6-12(14)15-3/h4-5,8,12,14-15H,6-7,9H2,1-3H3. The summed E-state index contributed by atoms with van der Waals surface area (Å²) < 4.78 is 5.59. The summed E-state index contributed by atoms with van der Waals surface area (Å²) in [6.07, 6.45) is 1.11. The summed E-state index contributed by atoms with van der Waals surface area (Å²) in [5.74, 6) is 0. The fourth-order valence-corrected chi connectivity index (χ4v) is 3.57. The molecule has 2 rings (SSSR count). The lowest BCUT2D eigenvalue weighted by atomic mass is 10.1. The van der Waals surface area contributed by atoms with Gasteiger partial charge in [0.05, 0.1) is 6.61 Å². The maximum Gasteiger partial charge on any atom is 0.0603 e. The highest BCUT2D eigenvalue weighted by Gasteiger charge is 2.25. The second kappa shape index (κ2) is 5.89. The Morgan fingerprint density at radius 1 is 1.35 bits per heavy atom. The van der Waals surface area contributed by atoms with Crippen LogP contribution in [0, 0.1) is 13.8 Å². The van der Waals surface area contributed by atoms with Crippen molar-refractivity contribution in [2.24, 2.45) is 0 Å². The third-order valence-electron chi connectivity index (χ3n) is 3.28. The third kappa shape index (κ3) is 3.24. The zero-order chi connectivity index (χ0) is 12.3. The first kappa shape index (κ1) is 12.9. The molecule has 1 N–H and O–H groups in total. The quantitative estimate of drug-likeness (QED) is 0.892. The fraction of sp³-hybridized carbons (Fsp3) is 0.571. The van der Waals surface area contributed by atoms with E-state index >= 15 is 0 Å². The van der Waals surface area contributed by atoms with Crippen LogP contribution in [-0.2, 0) is 4.74 Å². The number of aryl methyl sites for hydroxylation is 2. The summed E-state index contributed by atoms with van der Waals surface area (Å²) >= 11 is 1.95. The number of hydrogen-bond acceptors (Lipinski definition) is 3. The first-order chi connectivity index (χ1) is 8.20. The molecular formula is C14H21NOS. The smallest absolute Gasteiger partial charge is 0.0603 e. The Hall–Kier alpha value is -0.510. The summed E-state index contributed by atoms with van der Waals surface area (Å²) in [7, 11) is 2.05. The van der Waals surface area contributed by atoms with Gasteiger partial charge in [0.1, 0.15) is 0 Å². The van der Waals surface area contributed by atoms with Crippen LogP contribution < -0.4 is 5.32 Å². The van der Waals surface area contributed by atoms with Gasteiger partial charge in [-0.15, -0.1) is 11.8 Å². The molecule has 0 saturated carbocycles. The normalized spacial score (nSPS) is 24.9. The van der Waals surface area contributed by atoms with Crippen LogP contribution in [-0.4, -0.2) is 31.6 Å². The van der Waals surface area contributed by atoms with Crippen molar-refractivity contribution in [3.05, 3.63) is 29.3 Å². The number of thioether (sulfide) groups is 1. The predicted octanol–water partition coefficient (Wildman–Crippen LogP) is 2.77. The zero-order valence-corrected chi connectivity index (χ0v) is 11.6. The summed E-state index contributed by atoms with van der Waals surface area (Å²) in [6, 6.07) is 7.24. The van der Waals surface area contributed by atoms with Crippen LogP contribution >= 0.6 is 11.8 Å². The van der Waals surface area contributed by atoms with Crippen LogP contribution in [0.1, 0.15) is 17.5 Å². The van der Waals surface area contributed by atoms with Crippen molar-refractivity contribution in [2.75, 3.05) is 20.3 Å². The van der Waals surface area contributed by atoms with Crippen LogP contribution in [0.3, 0.4) is 0 Å². The molecule has 2 atom stereocenters. The van der Waals surface area contributed by atoms with Crippen LogP contribution in [0.25, 0.3) is 0 Å². The summed E-state index contributed by atoms with van der Waals surface area (Å²) in [6.45, 7) is 6.06. The Balaban J connectivity index is 2.08. The molecule has 0 spiro atoms. The van der Waals surface area contributed by atoms with Crippen molar-refractivity contribution < 1.29 is 4.74 Å². The number of hydrogen-bond donors (Lipinski definition) is 1. The monoisotopic (exact) mass is 251 g/mol. The minimum absolute atomic E-state index is 0.523. The molecule has 17 heavy (non-hydrogen) atoms. The molecule has 3 heteroatoms. The average molecular weight is 251 g/mol. The molecule has 1 aliphatic heterocycles. The number of ether oxygens (including phenoxy) is 1. The Labute approximate surface area is 108 Å². The van der Waals surface area contributed by atoms with Crippen LogP contribution in [0.15, 0.2) is 23.1 Å². The van der Waals surface area contributed by atoms with Crippen LogP contribution in [0.2, 0.25) is 0 Å². The highest BCUT2D eigenvalue weighted by Crippen LogP contribution is 2.31. The number of rotatable bonds is 3. The summed E-state index contributed by atoms with van der Waals surface area (Å²) in [5, 5.41) is 3.93. The molecule has 1 heterocycles. The first-order valence-electron chi connectivity index (χ1n) is 6.19. The lowest BCUT2D eigenvalue weighted by molar-refractivity contribution is 0.0850. The lowest BCUT2D eigenvalue weighted by Crippen LogP contribution is -2.43. The van der Waals surface area contributed by atoms with Gasteiger partial charge in [0.15, 0.2) is 0 Å². The predicted molar refractivity (Wildman–Crippen MR) is 73.8 cm³/mol. The highest BCUT2D eigenvalue weighted by molar-refractivity contribution is 8.00. The van der Waals surface area contributed by atoms with E-state index in [0.717, 1.165) is 19.6 Å². The lowest BCUT2D eigenvalue weighted by Gasteiger charge is -2.31. The topological polar surface area (TPSA) is 21.3 Å². The highest BCUT2D eigenvalue weighted by atomic mass is 32.2. The molecule has 1 aromatic rings. The van der Waals surface area contributed by atoms with Gasteiger partial charge in [-0.05, 0) is 38.9 Å². The van der Waals surface area contributed by atoms with Gasteiger partial charge in [-0.25, -0.2) is 0 Å². The van der Waals surface area contributed by atoms with Crippen molar-refractivity contribution in [3.63, 3.8) is 0 Å². The maximum absolute atomic E-state index is 5.59. The summed E-state index contributed by atoms with van der Waals surface area (Å²) in [4.78, 5) is 1.38. The van der Waals surface area contributed by atoms with E-state index in [0.29, 0.717) is 11.3 Å². The molecular weight excluding hydrogens is 230 g/mol. The Morgan fingerprint density at radius 2 is 2.18 bits per heavy atom. The van der Waals surface area contributed by atoms with Crippen molar-refractivity contribution in [1.29, 1.82) is 0 Å². The Bertz CT molecular complexity index is 380. The number of benzene rings is 1. The molecule has 0 radical (unpaired) electrons. The maximum atomic E-state index is 5.59. The molecule has 94 valence electrons. The van der Waals surface area contributed by atoms with Gasteiger partial charge in [-0.2, -0.15) is 0 Å². The van der Waals surface area contributed by atoms with E-state index < -0.39 is 0 Å².